The highest BCUT2D eigenvalue weighted by atomic mass is 16.5. The zero-order chi connectivity index (χ0) is 18.5. The summed E-state index contributed by atoms with van der Waals surface area (Å²) in [5.74, 6) is 1.41. The van der Waals surface area contributed by atoms with E-state index < -0.39 is 0 Å². The summed E-state index contributed by atoms with van der Waals surface area (Å²) >= 11 is 0. The van der Waals surface area contributed by atoms with E-state index in [1.807, 2.05) is 38.2 Å². The van der Waals surface area contributed by atoms with Crippen LogP contribution >= 0.6 is 0 Å². The van der Waals surface area contributed by atoms with Crippen LogP contribution < -0.4 is 20.1 Å². The van der Waals surface area contributed by atoms with Crippen LogP contribution in [0, 0.1) is 6.92 Å². The van der Waals surface area contributed by atoms with Gasteiger partial charge in [-0.2, -0.15) is 5.10 Å². The van der Waals surface area contributed by atoms with Gasteiger partial charge in [0.15, 0.2) is 5.65 Å². The number of aromatic nitrogens is 3. The third-order valence-electron chi connectivity index (χ3n) is 3.82. The predicted octanol–water partition coefficient (Wildman–Crippen LogP) is 2.49. The monoisotopic (exact) mass is 355 g/mol. The Morgan fingerprint density at radius 3 is 2.88 bits per heavy atom. The van der Waals surface area contributed by atoms with Crippen molar-refractivity contribution >= 4 is 22.8 Å². The molecule has 1 aromatic carbocycles. The van der Waals surface area contributed by atoms with Crippen LogP contribution in [0.3, 0.4) is 0 Å². The molecule has 0 saturated heterocycles. The minimum absolute atomic E-state index is 0.318. The predicted molar refractivity (Wildman–Crippen MR) is 98.8 cm³/mol. The van der Waals surface area contributed by atoms with Gasteiger partial charge in [-0.3, -0.25) is 4.68 Å². The Bertz CT molecular complexity index is 922. The lowest BCUT2D eigenvalue weighted by Gasteiger charge is -2.10. The number of carbonyl (C=O) groups excluding carboxylic acids is 1. The van der Waals surface area contributed by atoms with Gasteiger partial charge in [0.1, 0.15) is 18.1 Å². The Labute approximate surface area is 151 Å². The number of hydrogen-bond donors (Lipinski definition) is 2. The number of urea groups is 1. The number of pyridine rings is 1. The molecule has 0 aliphatic heterocycles. The first-order chi connectivity index (χ1) is 12.6. The average molecular weight is 355 g/mol. The van der Waals surface area contributed by atoms with Crippen molar-refractivity contribution in [2.45, 2.75) is 6.92 Å². The molecular weight excluding hydrogens is 334 g/mol. The van der Waals surface area contributed by atoms with E-state index in [2.05, 4.69) is 20.7 Å². The fourth-order valence-electron chi connectivity index (χ4n) is 2.58. The average Bonchev–Trinajstić information content (AvgIpc) is 2.92. The first kappa shape index (κ1) is 17.5. The Hall–Kier alpha value is -3.29. The maximum absolute atomic E-state index is 12.0. The molecule has 0 radical (unpaired) electrons. The highest BCUT2D eigenvalue weighted by Crippen LogP contribution is 2.19. The first-order valence-corrected chi connectivity index (χ1v) is 8.18. The van der Waals surface area contributed by atoms with Gasteiger partial charge in [-0.05, 0) is 25.1 Å². The van der Waals surface area contributed by atoms with Crippen molar-refractivity contribution in [3.63, 3.8) is 0 Å². The van der Waals surface area contributed by atoms with Crippen molar-refractivity contribution in [1.82, 2.24) is 20.1 Å². The Kier molecular flexibility index (Phi) is 5.21. The van der Waals surface area contributed by atoms with Crippen molar-refractivity contribution in [2.75, 3.05) is 25.6 Å². The molecule has 0 unspecified atom stereocenters. The number of amides is 2. The lowest BCUT2D eigenvalue weighted by molar-refractivity contribution is 0.247. The second-order valence-corrected chi connectivity index (χ2v) is 5.71. The molecule has 136 valence electrons. The van der Waals surface area contributed by atoms with Gasteiger partial charge in [0.05, 0.1) is 31.2 Å². The number of aryl methyl sites for hydroxylation is 2. The number of nitrogens with zero attached hydrogens (tertiary/aromatic N) is 3. The van der Waals surface area contributed by atoms with E-state index in [1.54, 1.807) is 24.1 Å². The summed E-state index contributed by atoms with van der Waals surface area (Å²) in [6, 6.07) is 8.85. The fraction of sp³-hybridized carbons (Fsp3) is 0.278. The molecule has 3 rings (SSSR count). The summed E-state index contributed by atoms with van der Waals surface area (Å²) in [4.78, 5) is 16.3. The summed E-state index contributed by atoms with van der Waals surface area (Å²) in [6.07, 6.45) is 1.61. The van der Waals surface area contributed by atoms with E-state index in [9.17, 15) is 4.79 Å². The third-order valence-corrected chi connectivity index (χ3v) is 3.82. The number of hydrogen-bond acceptors (Lipinski definition) is 5. The lowest BCUT2D eigenvalue weighted by Crippen LogP contribution is -2.32. The largest absolute Gasteiger partial charge is 0.497 e. The summed E-state index contributed by atoms with van der Waals surface area (Å²) < 4.78 is 12.4. The van der Waals surface area contributed by atoms with Gasteiger partial charge in [0.2, 0.25) is 0 Å². The lowest BCUT2D eigenvalue weighted by atomic mass is 10.2. The minimum Gasteiger partial charge on any atom is -0.497 e. The topological polar surface area (TPSA) is 90.3 Å². The van der Waals surface area contributed by atoms with Gasteiger partial charge in [-0.15, -0.1) is 0 Å². The number of nitrogens with one attached hydrogen (secondary N) is 2. The Morgan fingerprint density at radius 1 is 1.27 bits per heavy atom. The molecule has 8 heteroatoms. The highest BCUT2D eigenvalue weighted by Gasteiger charge is 2.08. The van der Waals surface area contributed by atoms with Crippen molar-refractivity contribution in [3.05, 3.63) is 42.2 Å². The summed E-state index contributed by atoms with van der Waals surface area (Å²) in [6.45, 7) is 2.62. The Morgan fingerprint density at radius 2 is 2.08 bits per heavy atom. The van der Waals surface area contributed by atoms with Crippen molar-refractivity contribution < 1.29 is 14.3 Å². The van der Waals surface area contributed by atoms with Gasteiger partial charge in [0.25, 0.3) is 0 Å². The minimum atomic E-state index is -0.318. The first-order valence-electron chi connectivity index (χ1n) is 8.18. The maximum atomic E-state index is 12.0. The van der Waals surface area contributed by atoms with Gasteiger partial charge < -0.3 is 20.1 Å². The van der Waals surface area contributed by atoms with Gasteiger partial charge >= 0.3 is 6.03 Å². The molecule has 3 aromatic rings. The molecule has 0 spiro atoms. The maximum Gasteiger partial charge on any atom is 0.319 e. The summed E-state index contributed by atoms with van der Waals surface area (Å²) in [5, 5.41) is 10.7. The van der Waals surface area contributed by atoms with Crippen LogP contribution in [0.5, 0.6) is 11.5 Å². The van der Waals surface area contributed by atoms with Gasteiger partial charge in [-0.1, -0.05) is 6.07 Å². The number of carbonyl (C=O) groups is 1. The van der Waals surface area contributed by atoms with Crippen molar-refractivity contribution in [2.24, 2.45) is 7.05 Å². The molecule has 26 heavy (non-hydrogen) atoms. The van der Waals surface area contributed by atoms with E-state index in [4.69, 9.17) is 9.47 Å². The molecule has 2 aromatic heterocycles. The SMILES string of the molecule is COc1cccc(OCCNC(=O)Nc2cnc3c(c2)c(C)nn3C)c1. The molecule has 0 bridgehead atoms. The molecule has 2 heterocycles. The molecule has 0 aliphatic carbocycles. The van der Waals surface area contributed by atoms with Crippen LogP contribution in [0.15, 0.2) is 36.5 Å². The highest BCUT2D eigenvalue weighted by molar-refractivity contribution is 5.92. The molecule has 8 nitrogen and oxygen atoms in total. The zero-order valence-electron chi connectivity index (χ0n) is 14.9. The van der Waals surface area contributed by atoms with Crippen LogP contribution in [0.2, 0.25) is 0 Å². The van der Waals surface area contributed by atoms with Crippen LogP contribution in [-0.4, -0.2) is 41.1 Å². The molecule has 0 fully saturated rings. The van der Waals surface area contributed by atoms with Crippen molar-refractivity contribution in [1.29, 1.82) is 0 Å². The quantitative estimate of drug-likeness (QED) is 0.663. The van der Waals surface area contributed by atoms with E-state index >= 15 is 0 Å². The van der Waals surface area contributed by atoms with E-state index in [0.29, 0.717) is 24.6 Å². The van der Waals surface area contributed by atoms with Gasteiger partial charge in [0, 0.05) is 18.5 Å². The van der Waals surface area contributed by atoms with E-state index in [1.165, 1.54) is 0 Å². The molecule has 2 amide bonds. The number of rotatable bonds is 6. The summed E-state index contributed by atoms with van der Waals surface area (Å²) in [7, 11) is 3.44. The number of ether oxygens (including phenoxy) is 2. The zero-order valence-corrected chi connectivity index (χ0v) is 14.9. The molecule has 0 aliphatic rings. The molecular formula is C18H21N5O3. The molecule has 2 N–H and O–H groups in total. The molecule has 0 saturated carbocycles. The van der Waals surface area contributed by atoms with Crippen LogP contribution in [-0.2, 0) is 7.05 Å². The van der Waals surface area contributed by atoms with Crippen molar-refractivity contribution in [3.8, 4) is 11.5 Å². The smallest absolute Gasteiger partial charge is 0.319 e. The number of anilines is 1. The Balaban J connectivity index is 1.49. The van der Waals surface area contributed by atoms with Crippen LogP contribution in [0.1, 0.15) is 5.69 Å². The third kappa shape index (κ3) is 4.02. The number of fused-ring (bicyclic) bond motifs is 1. The normalized spacial score (nSPS) is 10.6. The second kappa shape index (κ2) is 7.73. The van der Waals surface area contributed by atoms with E-state index in [-0.39, 0.29) is 6.03 Å². The van der Waals surface area contributed by atoms with Gasteiger partial charge in [-0.25, -0.2) is 9.78 Å². The molecule has 0 atom stereocenters. The summed E-state index contributed by atoms with van der Waals surface area (Å²) in [5.41, 5.74) is 2.26. The van der Waals surface area contributed by atoms with Crippen LogP contribution in [0.25, 0.3) is 11.0 Å². The van der Waals surface area contributed by atoms with Crippen LogP contribution in [0.4, 0.5) is 10.5 Å². The number of benzene rings is 1. The standard InChI is InChI=1S/C18H21N5O3/c1-12-16-9-13(11-20-17(16)23(2)22-12)21-18(24)19-7-8-26-15-6-4-5-14(10-15)25-3/h4-6,9-11H,7-8H2,1-3H3,(H2,19,21,24). The number of methoxy groups -OCH3 is 1. The second-order valence-electron chi connectivity index (χ2n) is 5.71. The fourth-order valence-corrected chi connectivity index (χ4v) is 2.58. The van der Waals surface area contributed by atoms with E-state index in [0.717, 1.165) is 22.5 Å².